The number of carboxylic acids is 1. The normalized spacial score (nSPS) is 14.5. The van der Waals surface area contributed by atoms with E-state index in [0.717, 1.165) is 38.1 Å². The lowest BCUT2D eigenvalue weighted by Crippen LogP contribution is -2.47. The molecule has 1 fully saturated rings. The number of alkyl halides is 3. The first-order valence-electron chi connectivity index (χ1n) is 10.5. The summed E-state index contributed by atoms with van der Waals surface area (Å²) in [4.78, 5) is 22.7. The first-order valence-corrected chi connectivity index (χ1v) is 12.0. The van der Waals surface area contributed by atoms with Gasteiger partial charge in [-0.3, -0.25) is 4.79 Å². The number of nitrogens with one attached hydrogen (secondary N) is 1. The number of hydrogen-bond donors (Lipinski definition) is 2. The predicted octanol–water partition coefficient (Wildman–Crippen LogP) is 2.60. The summed E-state index contributed by atoms with van der Waals surface area (Å²) < 4.78 is 85.4. The summed E-state index contributed by atoms with van der Waals surface area (Å²) in [5.41, 5.74) is 0. The SMILES string of the molecule is CCCCCN(CCC(=O)N1CCNCC1)S(=O)(=O)c1ccc(F)c(F)c1.O=C(O)C(F)(F)F. The van der Waals surface area contributed by atoms with Crippen molar-refractivity contribution in [1.82, 2.24) is 14.5 Å². The average molecular weight is 518 g/mol. The number of unbranched alkanes of at least 4 members (excludes halogenated alkanes) is 2. The van der Waals surface area contributed by atoms with Crippen LogP contribution >= 0.6 is 0 Å². The van der Waals surface area contributed by atoms with Crippen molar-refractivity contribution in [1.29, 1.82) is 0 Å². The topological polar surface area (TPSA) is 107 Å². The first-order chi connectivity index (χ1) is 15.8. The van der Waals surface area contributed by atoms with E-state index in [1.54, 1.807) is 4.90 Å². The summed E-state index contributed by atoms with van der Waals surface area (Å²) >= 11 is 0. The Morgan fingerprint density at radius 1 is 1.09 bits per heavy atom. The van der Waals surface area contributed by atoms with E-state index in [9.17, 15) is 35.2 Å². The van der Waals surface area contributed by atoms with Crippen LogP contribution in [0.1, 0.15) is 32.6 Å². The van der Waals surface area contributed by atoms with Gasteiger partial charge in [0.25, 0.3) is 0 Å². The van der Waals surface area contributed by atoms with E-state index in [2.05, 4.69) is 5.32 Å². The highest BCUT2D eigenvalue weighted by atomic mass is 32.2. The number of rotatable bonds is 9. The van der Waals surface area contributed by atoms with E-state index in [1.165, 1.54) is 4.31 Å². The number of carbonyl (C=O) groups excluding carboxylic acids is 1. The summed E-state index contributed by atoms with van der Waals surface area (Å²) in [7, 11) is -4.00. The molecule has 14 heteroatoms. The summed E-state index contributed by atoms with van der Waals surface area (Å²) in [5, 5.41) is 10.3. The largest absolute Gasteiger partial charge is 0.490 e. The Morgan fingerprint density at radius 2 is 1.68 bits per heavy atom. The summed E-state index contributed by atoms with van der Waals surface area (Å²) in [6.45, 7) is 4.91. The third kappa shape index (κ3) is 9.50. The number of benzene rings is 1. The van der Waals surface area contributed by atoms with Crippen LogP contribution in [0.3, 0.4) is 0 Å². The smallest absolute Gasteiger partial charge is 0.475 e. The van der Waals surface area contributed by atoms with Crippen molar-refractivity contribution in [3.05, 3.63) is 29.8 Å². The van der Waals surface area contributed by atoms with Crippen molar-refractivity contribution in [2.75, 3.05) is 39.3 Å². The Labute approximate surface area is 194 Å². The van der Waals surface area contributed by atoms with Gasteiger partial charge in [-0.05, 0) is 24.6 Å². The van der Waals surface area contributed by atoms with Crippen LogP contribution < -0.4 is 5.32 Å². The van der Waals surface area contributed by atoms with Crippen molar-refractivity contribution < 1.29 is 45.1 Å². The molecule has 1 aliphatic rings. The number of halogens is 5. The number of nitrogens with zero attached hydrogens (tertiary/aromatic N) is 2. The minimum Gasteiger partial charge on any atom is -0.475 e. The van der Waals surface area contributed by atoms with E-state index in [0.29, 0.717) is 25.6 Å². The number of hydrogen-bond acceptors (Lipinski definition) is 5. The lowest BCUT2D eigenvalue weighted by Gasteiger charge is -2.29. The zero-order valence-corrected chi connectivity index (χ0v) is 19.4. The second-order valence-electron chi connectivity index (χ2n) is 7.37. The number of piperazine rings is 1. The van der Waals surface area contributed by atoms with Crippen LogP contribution in [0.5, 0.6) is 0 Å². The van der Waals surface area contributed by atoms with Crippen LogP contribution in [0.15, 0.2) is 23.1 Å². The molecule has 1 aliphatic heterocycles. The molecule has 0 bridgehead atoms. The van der Waals surface area contributed by atoms with Gasteiger partial charge in [-0.1, -0.05) is 19.8 Å². The monoisotopic (exact) mass is 517 g/mol. The van der Waals surface area contributed by atoms with E-state index in [1.807, 2.05) is 6.92 Å². The minimum atomic E-state index is -5.08. The third-order valence-corrected chi connectivity index (χ3v) is 6.72. The molecule has 2 N–H and O–H groups in total. The highest BCUT2D eigenvalue weighted by Crippen LogP contribution is 2.20. The zero-order chi connectivity index (χ0) is 25.9. The maximum absolute atomic E-state index is 13.5. The molecule has 0 spiro atoms. The van der Waals surface area contributed by atoms with Gasteiger partial charge in [0.1, 0.15) is 0 Å². The summed E-state index contributed by atoms with van der Waals surface area (Å²) in [6, 6.07) is 2.55. The molecular weight excluding hydrogens is 489 g/mol. The van der Waals surface area contributed by atoms with Crippen molar-refractivity contribution >= 4 is 21.9 Å². The van der Waals surface area contributed by atoms with Crippen LogP contribution in [-0.2, 0) is 19.6 Å². The number of sulfonamides is 1. The van der Waals surface area contributed by atoms with E-state index in [4.69, 9.17) is 9.90 Å². The Kier molecular flexibility index (Phi) is 11.8. The standard InChI is InChI=1S/C18H27F2N3O3S.C2HF3O2/c1-2-3-4-10-23(11-7-18(24)22-12-8-21-9-13-22)27(25,26)15-5-6-16(19)17(20)14-15;3-2(4,5)1(6)7/h5-6,14,21H,2-4,7-13H2,1H3;(H,6,7). The Morgan fingerprint density at radius 3 is 2.18 bits per heavy atom. The van der Waals surface area contributed by atoms with Gasteiger partial charge in [-0.25, -0.2) is 22.0 Å². The lowest BCUT2D eigenvalue weighted by atomic mass is 10.2. The molecule has 0 unspecified atom stereocenters. The maximum Gasteiger partial charge on any atom is 0.490 e. The molecule has 1 heterocycles. The molecule has 34 heavy (non-hydrogen) atoms. The van der Waals surface area contributed by atoms with Crippen LogP contribution in [-0.4, -0.2) is 80.1 Å². The van der Waals surface area contributed by atoms with Crippen molar-refractivity contribution in [2.45, 2.75) is 43.7 Å². The molecule has 0 atom stereocenters. The minimum absolute atomic E-state index is 0.0216. The molecule has 0 aromatic heterocycles. The fourth-order valence-corrected chi connectivity index (χ4v) is 4.46. The molecule has 1 amide bonds. The summed E-state index contributed by atoms with van der Waals surface area (Å²) in [5.74, 6) is -5.16. The molecule has 1 saturated heterocycles. The van der Waals surface area contributed by atoms with Gasteiger partial charge in [-0.2, -0.15) is 17.5 Å². The van der Waals surface area contributed by atoms with Gasteiger partial charge in [0, 0.05) is 45.7 Å². The second kappa shape index (κ2) is 13.5. The van der Waals surface area contributed by atoms with Crippen molar-refractivity contribution in [3.63, 3.8) is 0 Å². The predicted molar refractivity (Wildman–Crippen MR) is 112 cm³/mol. The van der Waals surface area contributed by atoms with Gasteiger partial charge in [0.15, 0.2) is 11.6 Å². The maximum atomic E-state index is 13.5. The van der Waals surface area contributed by atoms with Gasteiger partial charge >= 0.3 is 12.1 Å². The van der Waals surface area contributed by atoms with Gasteiger partial charge in [0.05, 0.1) is 4.90 Å². The summed E-state index contributed by atoms with van der Waals surface area (Å²) in [6.07, 6.45) is -2.62. The van der Waals surface area contributed by atoms with Crippen LogP contribution in [0.25, 0.3) is 0 Å². The quantitative estimate of drug-likeness (QED) is 0.385. The Balaban J connectivity index is 0.000000718. The highest BCUT2D eigenvalue weighted by Gasteiger charge is 2.38. The third-order valence-electron chi connectivity index (χ3n) is 4.83. The van der Waals surface area contributed by atoms with Gasteiger partial charge in [0.2, 0.25) is 15.9 Å². The lowest BCUT2D eigenvalue weighted by molar-refractivity contribution is -0.192. The number of carboxylic acid groups (broad SMARTS) is 1. The first kappa shape index (κ1) is 29.7. The zero-order valence-electron chi connectivity index (χ0n) is 18.6. The fourth-order valence-electron chi connectivity index (χ4n) is 2.97. The molecule has 2 rings (SSSR count). The van der Waals surface area contributed by atoms with E-state index in [-0.39, 0.29) is 30.3 Å². The number of aliphatic carboxylic acids is 1. The average Bonchev–Trinajstić information content (AvgIpc) is 2.77. The van der Waals surface area contributed by atoms with Crippen LogP contribution in [0, 0.1) is 11.6 Å². The van der Waals surface area contributed by atoms with E-state index < -0.39 is 33.8 Å². The van der Waals surface area contributed by atoms with Crippen molar-refractivity contribution in [2.24, 2.45) is 0 Å². The molecule has 1 aromatic rings. The molecule has 1 aromatic carbocycles. The molecule has 194 valence electrons. The van der Waals surface area contributed by atoms with Gasteiger partial charge < -0.3 is 15.3 Å². The Bertz CT molecular complexity index is 922. The van der Waals surface area contributed by atoms with Gasteiger partial charge in [-0.15, -0.1) is 0 Å². The fraction of sp³-hybridized carbons (Fsp3) is 0.600. The van der Waals surface area contributed by atoms with Crippen molar-refractivity contribution in [3.8, 4) is 0 Å². The highest BCUT2D eigenvalue weighted by molar-refractivity contribution is 7.89. The molecule has 0 radical (unpaired) electrons. The Hall–Kier alpha value is -2.32. The number of amides is 1. The second-order valence-corrected chi connectivity index (χ2v) is 9.31. The molecular formula is C20H28F5N3O5S. The molecule has 0 aliphatic carbocycles. The van der Waals surface area contributed by atoms with Crippen LogP contribution in [0.2, 0.25) is 0 Å². The van der Waals surface area contributed by atoms with E-state index >= 15 is 0 Å². The molecule has 8 nitrogen and oxygen atoms in total. The molecule has 0 saturated carbocycles. The van der Waals surface area contributed by atoms with Crippen LogP contribution in [0.4, 0.5) is 22.0 Å². The number of carbonyl (C=O) groups is 2.